The van der Waals surface area contributed by atoms with Crippen LogP contribution in [0.4, 0.5) is 0 Å². The van der Waals surface area contributed by atoms with Gasteiger partial charge in [0.2, 0.25) is 0 Å². The van der Waals surface area contributed by atoms with Gasteiger partial charge in [-0.3, -0.25) is 4.79 Å². The summed E-state index contributed by atoms with van der Waals surface area (Å²) < 4.78 is 0. The van der Waals surface area contributed by atoms with E-state index < -0.39 is 0 Å². The van der Waals surface area contributed by atoms with E-state index >= 15 is 0 Å². The summed E-state index contributed by atoms with van der Waals surface area (Å²) in [5.41, 5.74) is 0.841. The molecule has 0 unspecified atom stereocenters. The Kier molecular flexibility index (Phi) is 3.61. The quantitative estimate of drug-likeness (QED) is 0.758. The summed E-state index contributed by atoms with van der Waals surface area (Å²) >= 11 is 0. The van der Waals surface area contributed by atoms with Crippen molar-refractivity contribution in [2.24, 2.45) is 11.8 Å². The summed E-state index contributed by atoms with van der Waals surface area (Å²) in [6.07, 6.45) is 6.62. The normalized spacial score (nSPS) is 25.0. The zero-order valence-corrected chi connectivity index (χ0v) is 13.0. The molecule has 1 heterocycles. The summed E-state index contributed by atoms with van der Waals surface area (Å²) in [4.78, 5) is 14.9. The highest BCUT2D eigenvalue weighted by Gasteiger charge is 2.33. The number of hydrogen-bond donors (Lipinski definition) is 0. The van der Waals surface area contributed by atoms with Gasteiger partial charge >= 0.3 is 0 Å². The van der Waals surface area contributed by atoms with Crippen molar-refractivity contribution < 1.29 is 4.79 Å². The van der Waals surface area contributed by atoms with E-state index in [-0.39, 0.29) is 5.91 Å². The average molecular weight is 293 g/mol. The number of nitrogens with zero attached hydrogens (tertiary/aromatic N) is 1. The Morgan fingerprint density at radius 1 is 0.909 bits per heavy atom. The molecule has 2 nitrogen and oxygen atoms in total. The minimum absolute atomic E-state index is 0.217. The molecular weight excluding hydrogens is 270 g/mol. The Hall–Kier alpha value is -1.83. The zero-order valence-electron chi connectivity index (χ0n) is 13.0. The van der Waals surface area contributed by atoms with E-state index in [1.807, 2.05) is 24.3 Å². The van der Waals surface area contributed by atoms with Crippen LogP contribution in [0.5, 0.6) is 0 Å². The maximum atomic E-state index is 12.8. The molecule has 22 heavy (non-hydrogen) atoms. The summed E-state index contributed by atoms with van der Waals surface area (Å²) in [5, 5.41) is 2.35. The van der Waals surface area contributed by atoms with Crippen LogP contribution in [0.1, 0.15) is 42.5 Å². The topological polar surface area (TPSA) is 20.3 Å². The van der Waals surface area contributed by atoms with E-state index in [2.05, 4.69) is 23.1 Å². The lowest BCUT2D eigenvalue weighted by Crippen LogP contribution is -2.44. The van der Waals surface area contributed by atoms with Crippen molar-refractivity contribution in [3.05, 3.63) is 48.0 Å². The van der Waals surface area contributed by atoms with Gasteiger partial charge in [-0.1, -0.05) is 49.6 Å². The van der Waals surface area contributed by atoms with Crippen molar-refractivity contribution in [3.63, 3.8) is 0 Å². The molecule has 0 spiro atoms. The zero-order chi connectivity index (χ0) is 14.9. The molecule has 1 saturated carbocycles. The summed E-state index contributed by atoms with van der Waals surface area (Å²) in [7, 11) is 0. The minimum Gasteiger partial charge on any atom is -0.338 e. The fourth-order valence-electron chi connectivity index (χ4n) is 4.29. The number of likely N-dealkylation sites (tertiary alicyclic amines) is 1. The Labute approximate surface area is 132 Å². The largest absolute Gasteiger partial charge is 0.338 e. The molecule has 1 aliphatic heterocycles. The lowest BCUT2D eigenvalue weighted by Gasteiger charge is -2.41. The van der Waals surface area contributed by atoms with Gasteiger partial charge in [-0.25, -0.2) is 0 Å². The van der Waals surface area contributed by atoms with E-state index in [1.54, 1.807) is 0 Å². The highest BCUT2D eigenvalue weighted by molar-refractivity contribution is 5.98. The smallest absolute Gasteiger partial charge is 0.253 e. The van der Waals surface area contributed by atoms with Crippen molar-refractivity contribution in [1.29, 1.82) is 0 Å². The first kappa shape index (κ1) is 13.8. The van der Waals surface area contributed by atoms with Crippen LogP contribution in [-0.2, 0) is 0 Å². The summed E-state index contributed by atoms with van der Waals surface area (Å²) in [6.45, 7) is 1.91. The first-order chi connectivity index (χ1) is 10.8. The van der Waals surface area contributed by atoms with Crippen LogP contribution in [0.25, 0.3) is 10.8 Å². The second-order valence-corrected chi connectivity index (χ2v) is 6.91. The predicted molar refractivity (Wildman–Crippen MR) is 89.9 cm³/mol. The lowest BCUT2D eigenvalue weighted by atomic mass is 9.75. The van der Waals surface area contributed by atoms with E-state index in [0.717, 1.165) is 35.9 Å². The van der Waals surface area contributed by atoms with Gasteiger partial charge in [-0.2, -0.15) is 0 Å². The van der Waals surface area contributed by atoms with Gasteiger partial charge in [0.1, 0.15) is 0 Å². The Bertz CT molecular complexity index is 693. The van der Waals surface area contributed by atoms with Gasteiger partial charge < -0.3 is 4.90 Å². The molecule has 0 bridgehead atoms. The maximum Gasteiger partial charge on any atom is 0.253 e. The Morgan fingerprint density at radius 2 is 1.68 bits per heavy atom. The molecule has 2 fully saturated rings. The van der Waals surface area contributed by atoms with Crippen LogP contribution in [0.2, 0.25) is 0 Å². The molecule has 2 aromatic carbocycles. The predicted octanol–water partition coefficient (Wildman–Crippen LogP) is 4.49. The molecule has 2 atom stereocenters. The van der Waals surface area contributed by atoms with Crippen molar-refractivity contribution in [2.75, 3.05) is 13.1 Å². The van der Waals surface area contributed by atoms with Crippen molar-refractivity contribution in [2.45, 2.75) is 32.1 Å². The van der Waals surface area contributed by atoms with Crippen LogP contribution in [0.3, 0.4) is 0 Å². The molecule has 0 radical (unpaired) electrons. The van der Waals surface area contributed by atoms with Gasteiger partial charge in [-0.05, 0) is 47.6 Å². The molecular formula is C20H23NO. The van der Waals surface area contributed by atoms with E-state index in [4.69, 9.17) is 0 Å². The molecule has 2 aliphatic rings. The molecule has 4 rings (SSSR count). The number of benzene rings is 2. The molecule has 2 heteroatoms. The minimum atomic E-state index is 0.217. The van der Waals surface area contributed by atoms with Gasteiger partial charge in [-0.15, -0.1) is 0 Å². The number of carbonyl (C=O) groups is 1. The molecule has 1 aliphatic carbocycles. The third-order valence-corrected chi connectivity index (χ3v) is 5.57. The summed E-state index contributed by atoms with van der Waals surface area (Å²) in [6, 6.07) is 14.3. The fourth-order valence-corrected chi connectivity index (χ4v) is 4.29. The molecule has 0 N–H and O–H groups in total. The number of amides is 1. The first-order valence-electron chi connectivity index (χ1n) is 8.59. The van der Waals surface area contributed by atoms with Gasteiger partial charge in [0, 0.05) is 18.7 Å². The Morgan fingerprint density at radius 3 is 2.55 bits per heavy atom. The monoisotopic (exact) mass is 293 g/mol. The SMILES string of the molecule is O=C(c1ccc2ccccc2c1)N1CC[C@@H]2CCCC[C@H]2C1. The number of carbonyl (C=O) groups excluding carboxylic acids is 1. The van der Waals surface area contributed by atoms with Crippen LogP contribution >= 0.6 is 0 Å². The molecule has 0 aromatic heterocycles. The van der Waals surface area contributed by atoms with Crippen molar-refractivity contribution >= 4 is 16.7 Å². The summed E-state index contributed by atoms with van der Waals surface area (Å²) in [5.74, 6) is 1.83. The highest BCUT2D eigenvalue weighted by Crippen LogP contribution is 2.36. The maximum absolute atomic E-state index is 12.8. The number of hydrogen-bond acceptors (Lipinski definition) is 1. The van der Waals surface area contributed by atoms with Gasteiger partial charge in [0.25, 0.3) is 5.91 Å². The lowest BCUT2D eigenvalue weighted by molar-refractivity contribution is 0.0521. The Balaban J connectivity index is 1.55. The fraction of sp³-hybridized carbons (Fsp3) is 0.450. The average Bonchev–Trinajstić information content (AvgIpc) is 2.60. The van der Waals surface area contributed by atoms with Crippen LogP contribution in [0, 0.1) is 11.8 Å². The van der Waals surface area contributed by atoms with Crippen LogP contribution in [0.15, 0.2) is 42.5 Å². The molecule has 1 saturated heterocycles. The van der Waals surface area contributed by atoms with E-state index in [1.165, 1.54) is 37.5 Å². The second kappa shape index (κ2) is 5.75. The van der Waals surface area contributed by atoms with E-state index in [0.29, 0.717) is 0 Å². The van der Waals surface area contributed by atoms with Crippen molar-refractivity contribution in [3.8, 4) is 0 Å². The van der Waals surface area contributed by atoms with Crippen LogP contribution < -0.4 is 0 Å². The number of fused-ring (bicyclic) bond motifs is 2. The highest BCUT2D eigenvalue weighted by atomic mass is 16.2. The molecule has 1 amide bonds. The third-order valence-electron chi connectivity index (χ3n) is 5.57. The number of rotatable bonds is 1. The molecule has 114 valence electrons. The van der Waals surface area contributed by atoms with Crippen molar-refractivity contribution in [1.82, 2.24) is 4.90 Å². The van der Waals surface area contributed by atoms with Crippen LogP contribution in [-0.4, -0.2) is 23.9 Å². The second-order valence-electron chi connectivity index (χ2n) is 6.91. The standard InChI is InChI=1S/C20H23NO/c22-20(18-10-9-15-5-1-3-7-17(15)13-18)21-12-11-16-6-2-4-8-19(16)14-21/h1,3,5,7,9-10,13,16,19H,2,4,6,8,11-12,14H2/t16-,19-/m0/s1. The number of piperidine rings is 1. The van der Waals surface area contributed by atoms with Gasteiger partial charge in [0.05, 0.1) is 0 Å². The first-order valence-corrected chi connectivity index (χ1v) is 8.59. The van der Waals surface area contributed by atoms with Gasteiger partial charge in [0.15, 0.2) is 0 Å². The third kappa shape index (κ3) is 2.51. The molecule has 2 aromatic rings. The van der Waals surface area contributed by atoms with E-state index in [9.17, 15) is 4.79 Å².